The van der Waals surface area contributed by atoms with Crippen LogP contribution in [0.3, 0.4) is 0 Å². The van der Waals surface area contributed by atoms with Crippen LogP contribution in [0, 0.1) is 0 Å². The first kappa shape index (κ1) is 13.0. The number of fused-ring (bicyclic) bond motifs is 5. The molecule has 102 valence electrons. The van der Waals surface area contributed by atoms with Crippen LogP contribution >= 0.6 is 31.9 Å². The predicted molar refractivity (Wildman–Crippen MR) is 82.2 cm³/mol. The lowest BCUT2D eigenvalue weighted by Crippen LogP contribution is -2.48. The standard InChI is InChI=1S/C16H10Br2F2/c17-9-1-3-11-12-4-2-10(18)6-14(12)15(13(11)5-9)7-16(19,20)8-15/h1-6H,7-8H2. The molecule has 20 heavy (non-hydrogen) atoms. The van der Waals surface area contributed by atoms with E-state index in [1.165, 1.54) is 0 Å². The molecule has 0 nitrogen and oxygen atoms in total. The van der Waals surface area contributed by atoms with Gasteiger partial charge in [0, 0.05) is 27.2 Å². The van der Waals surface area contributed by atoms with Crippen molar-refractivity contribution in [1.82, 2.24) is 0 Å². The first-order chi connectivity index (χ1) is 9.41. The van der Waals surface area contributed by atoms with Crippen LogP contribution in [-0.4, -0.2) is 5.92 Å². The van der Waals surface area contributed by atoms with Gasteiger partial charge in [-0.3, -0.25) is 0 Å². The molecule has 2 aromatic carbocycles. The Morgan fingerprint density at radius 1 is 0.800 bits per heavy atom. The van der Waals surface area contributed by atoms with Crippen LogP contribution in [0.15, 0.2) is 45.3 Å². The number of alkyl halides is 2. The third kappa shape index (κ3) is 1.61. The van der Waals surface area contributed by atoms with E-state index >= 15 is 0 Å². The van der Waals surface area contributed by atoms with E-state index in [-0.39, 0.29) is 12.8 Å². The first-order valence-corrected chi connectivity index (χ1v) is 7.98. The summed E-state index contributed by atoms with van der Waals surface area (Å²) in [5, 5.41) is 0. The summed E-state index contributed by atoms with van der Waals surface area (Å²) in [6.07, 6.45) is -0.181. The fraction of sp³-hybridized carbons (Fsp3) is 0.250. The van der Waals surface area contributed by atoms with E-state index in [0.717, 1.165) is 31.2 Å². The molecule has 0 aliphatic heterocycles. The Hall–Kier alpha value is -0.740. The van der Waals surface area contributed by atoms with Gasteiger partial charge in [0.25, 0.3) is 5.92 Å². The number of hydrogen-bond acceptors (Lipinski definition) is 0. The normalized spacial score (nSPS) is 20.4. The SMILES string of the molecule is FC1(F)CC2(C1)c1cc(Br)ccc1-c1ccc(Br)cc12. The van der Waals surface area contributed by atoms with Crippen LogP contribution < -0.4 is 0 Å². The lowest BCUT2D eigenvalue weighted by molar-refractivity contribution is -0.112. The zero-order valence-corrected chi connectivity index (χ0v) is 13.6. The van der Waals surface area contributed by atoms with Crippen LogP contribution in [0.25, 0.3) is 11.1 Å². The highest BCUT2D eigenvalue weighted by molar-refractivity contribution is 9.10. The van der Waals surface area contributed by atoms with Crippen molar-refractivity contribution < 1.29 is 8.78 Å². The highest BCUT2D eigenvalue weighted by Crippen LogP contribution is 2.64. The second-order valence-corrected chi connectivity index (χ2v) is 7.50. The molecule has 4 rings (SSSR count). The van der Waals surface area contributed by atoms with Gasteiger partial charge in [-0.25, -0.2) is 8.78 Å². The van der Waals surface area contributed by atoms with Crippen molar-refractivity contribution in [3.8, 4) is 11.1 Å². The van der Waals surface area contributed by atoms with E-state index in [2.05, 4.69) is 31.9 Å². The van der Waals surface area contributed by atoms with Crippen molar-refractivity contribution in [3.05, 3.63) is 56.5 Å². The molecule has 1 spiro atoms. The Bertz CT molecular complexity index is 676. The van der Waals surface area contributed by atoms with Crippen molar-refractivity contribution in [1.29, 1.82) is 0 Å². The van der Waals surface area contributed by atoms with Crippen molar-refractivity contribution in [2.45, 2.75) is 24.2 Å². The maximum Gasteiger partial charge on any atom is 0.250 e. The molecule has 0 amide bonds. The summed E-state index contributed by atoms with van der Waals surface area (Å²) in [6, 6.07) is 12.0. The molecule has 0 heterocycles. The molecule has 0 saturated heterocycles. The fourth-order valence-corrected chi connectivity index (χ4v) is 4.37. The van der Waals surface area contributed by atoms with E-state index in [1.807, 2.05) is 36.4 Å². The summed E-state index contributed by atoms with van der Waals surface area (Å²) in [6.45, 7) is 0. The van der Waals surface area contributed by atoms with Crippen molar-refractivity contribution >= 4 is 31.9 Å². The van der Waals surface area contributed by atoms with Gasteiger partial charge in [0.1, 0.15) is 0 Å². The Kier molecular flexibility index (Phi) is 2.54. The largest absolute Gasteiger partial charge is 0.250 e. The minimum Gasteiger partial charge on any atom is -0.207 e. The minimum absolute atomic E-state index is 0.0904. The third-order valence-electron chi connectivity index (χ3n) is 4.41. The molecule has 2 aliphatic rings. The van der Waals surface area contributed by atoms with Crippen LogP contribution in [0.5, 0.6) is 0 Å². The summed E-state index contributed by atoms with van der Waals surface area (Å²) in [7, 11) is 0. The number of rotatable bonds is 0. The molecule has 1 fully saturated rings. The van der Waals surface area contributed by atoms with Gasteiger partial charge in [0.05, 0.1) is 0 Å². The van der Waals surface area contributed by atoms with Gasteiger partial charge in [0.2, 0.25) is 0 Å². The maximum atomic E-state index is 13.6. The van der Waals surface area contributed by atoms with Gasteiger partial charge in [0.15, 0.2) is 0 Å². The molecule has 0 unspecified atom stereocenters. The zero-order chi connectivity index (χ0) is 14.1. The summed E-state index contributed by atoms with van der Waals surface area (Å²) in [5.41, 5.74) is 3.73. The second kappa shape index (κ2) is 3.92. The summed E-state index contributed by atoms with van der Waals surface area (Å²) in [4.78, 5) is 0. The van der Waals surface area contributed by atoms with E-state index in [9.17, 15) is 8.78 Å². The Balaban J connectivity index is 2.01. The van der Waals surface area contributed by atoms with Gasteiger partial charge in [-0.15, -0.1) is 0 Å². The predicted octanol–water partition coefficient (Wildman–Crippen LogP) is 5.91. The Morgan fingerprint density at radius 2 is 1.25 bits per heavy atom. The molecular weight excluding hydrogens is 390 g/mol. The third-order valence-corrected chi connectivity index (χ3v) is 5.39. The minimum atomic E-state index is -2.55. The average molecular weight is 400 g/mol. The van der Waals surface area contributed by atoms with Gasteiger partial charge in [-0.2, -0.15) is 0 Å². The second-order valence-electron chi connectivity index (χ2n) is 5.67. The van der Waals surface area contributed by atoms with Crippen LogP contribution in [0.2, 0.25) is 0 Å². The van der Waals surface area contributed by atoms with E-state index in [1.54, 1.807) is 0 Å². The van der Waals surface area contributed by atoms with Crippen LogP contribution in [0.1, 0.15) is 24.0 Å². The lowest BCUT2D eigenvalue weighted by atomic mass is 9.60. The smallest absolute Gasteiger partial charge is 0.207 e. The van der Waals surface area contributed by atoms with Crippen LogP contribution in [0.4, 0.5) is 8.78 Å². The lowest BCUT2D eigenvalue weighted by Gasteiger charge is -2.46. The molecule has 0 N–H and O–H groups in total. The quantitative estimate of drug-likeness (QED) is 0.516. The monoisotopic (exact) mass is 398 g/mol. The van der Waals surface area contributed by atoms with E-state index in [0.29, 0.717) is 0 Å². The molecule has 0 aromatic heterocycles. The number of benzene rings is 2. The number of hydrogen-bond donors (Lipinski definition) is 0. The highest BCUT2D eigenvalue weighted by atomic mass is 79.9. The Labute approximate surface area is 132 Å². The average Bonchev–Trinajstić information content (AvgIpc) is 2.59. The summed E-state index contributed by atoms with van der Waals surface area (Å²) < 4.78 is 29.1. The molecular formula is C16H10Br2F2. The van der Waals surface area contributed by atoms with Gasteiger partial charge >= 0.3 is 0 Å². The van der Waals surface area contributed by atoms with E-state index in [4.69, 9.17) is 0 Å². The molecule has 4 heteroatoms. The summed E-state index contributed by atoms with van der Waals surface area (Å²) in [5.74, 6) is -2.55. The van der Waals surface area contributed by atoms with E-state index < -0.39 is 11.3 Å². The van der Waals surface area contributed by atoms with Crippen LogP contribution in [-0.2, 0) is 5.41 Å². The van der Waals surface area contributed by atoms with Crippen molar-refractivity contribution in [2.24, 2.45) is 0 Å². The molecule has 2 aliphatic carbocycles. The molecule has 0 radical (unpaired) electrons. The fourth-order valence-electron chi connectivity index (χ4n) is 3.65. The van der Waals surface area contributed by atoms with Gasteiger partial charge in [-0.05, 0) is 46.5 Å². The zero-order valence-electron chi connectivity index (χ0n) is 10.4. The maximum absolute atomic E-state index is 13.6. The molecule has 2 aromatic rings. The molecule has 1 saturated carbocycles. The number of halogens is 4. The topological polar surface area (TPSA) is 0 Å². The summed E-state index contributed by atoms with van der Waals surface area (Å²) >= 11 is 6.92. The van der Waals surface area contributed by atoms with Crippen molar-refractivity contribution in [2.75, 3.05) is 0 Å². The van der Waals surface area contributed by atoms with Gasteiger partial charge < -0.3 is 0 Å². The molecule has 0 atom stereocenters. The highest BCUT2D eigenvalue weighted by Gasteiger charge is 2.61. The molecule has 0 bridgehead atoms. The Morgan fingerprint density at radius 3 is 1.65 bits per heavy atom. The van der Waals surface area contributed by atoms with Crippen molar-refractivity contribution in [3.63, 3.8) is 0 Å². The first-order valence-electron chi connectivity index (χ1n) is 6.40. The van der Waals surface area contributed by atoms with Gasteiger partial charge in [-0.1, -0.05) is 44.0 Å².